The van der Waals surface area contributed by atoms with Gasteiger partial charge in [0.2, 0.25) is 0 Å². The second kappa shape index (κ2) is 12.4. The Morgan fingerprint density at radius 3 is 2.59 bits per heavy atom. The molecule has 0 amide bonds. The summed E-state index contributed by atoms with van der Waals surface area (Å²) in [7, 11) is 1.62. The van der Waals surface area contributed by atoms with E-state index >= 15 is 0 Å². The van der Waals surface area contributed by atoms with Crippen LogP contribution in [0.25, 0.3) is 21.8 Å². The molecule has 0 radical (unpaired) electrons. The number of imidazole rings is 1. The van der Waals surface area contributed by atoms with Gasteiger partial charge in [0, 0.05) is 6.33 Å². The van der Waals surface area contributed by atoms with Crippen LogP contribution in [0.4, 0.5) is 10.2 Å². The molecule has 2 aromatic carbocycles. The van der Waals surface area contributed by atoms with Crippen molar-refractivity contribution in [3.05, 3.63) is 93.3 Å². The summed E-state index contributed by atoms with van der Waals surface area (Å²) in [5.74, 6) is 0.183. The molecule has 172 valence electrons. The van der Waals surface area contributed by atoms with Gasteiger partial charge in [-0.25, -0.2) is 4.39 Å². The Balaban J connectivity index is 0.00000133. The van der Waals surface area contributed by atoms with Crippen molar-refractivity contribution in [3.8, 4) is 5.69 Å². The first kappa shape index (κ1) is 27.9. The number of para-hydroxylation sites is 1. The minimum absolute atomic E-state index is 0. The molecule has 9 heteroatoms. The summed E-state index contributed by atoms with van der Waals surface area (Å²) in [6.45, 7) is 7.66. The van der Waals surface area contributed by atoms with Crippen LogP contribution >= 0.6 is 0 Å². The zero-order valence-electron chi connectivity index (χ0n) is 20.4. The number of halogens is 1. The van der Waals surface area contributed by atoms with E-state index in [1.165, 1.54) is 17.0 Å². The number of aromatic nitrogens is 3. The fraction of sp³-hybridized carbons (Fsp3) is 0.240. The maximum Gasteiger partial charge on any atom is 1.00 e. The van der Waals surface area contributed by atoms with Gasteiger partial charge in [0.25, 0.3) is 5.56 Å². The van der Waals surface area contributed by atoms with E-state index in [2.05, 4.69) is 20.3 Å². The SMILES string of the molecule is CC.C[N-]c1[nH]cnc1C(N)=NC(C)c1cc2cccc(C)c2c(=O)n1-c1ccccc1F.[K+]. The molecule has 1 unspecified atom stereocenters. The number of hydrogen-bond donors (Lipinski definition) is 2. The Hall–Kier alpha value is -2.30. The zero-order valence-corrected chi connectivity index (χ0v) is 23.5. The smallest absolute Gasteiger partial charge is 0.467 e. The van der Waals surface area contributed by atoms with E-state index in [-0.39, 0.29) is 68.5 Å². The van der Waals surface area contributed by atoms with Crippen molar-refractivity contribution in [1.82, 2.24) is 14.5 Å². The van der Waals surface area contributed by atoms with Gasteiger partial charge in [-0.1, -0.05) is 51.2 Å². The van der Waals surface area contributed by atoms with Gasteiger partial charge >= 0.3 is 51.4 Å². The number of pyridine rings is 1. The quantitative estimate of drug-likeness (QED) is 0.257. The molecule has 0 spiro atoms. The van der Waals surface area contributed by atoms with E-state index in [1.54, 1.807) is 32.2 Å². The standard InChI is InChI=1S/C23H22FN6O.C2H6.K/c1-13-7-6-8-15-11-18(14(2)29-21(25)20-22(26-3)28-12-27-20)30(23(31)19(13)15)17-10-5-4-9-16(17)24;1-2;/h4-12,14H,1-3H3,(H3-,25,26,27,28,29);1-2H3;/q-1;;+1. The number of fused-ring (bicyclic) bond motifs is 1. The first-order chi connectivity index (χ1) is 15.9. The normalized spacial score (nSPS) is 11.9. The molecule has 34 heavy (non-hydrogen) atoms. The van der Waals surface area contributed by atoms with Crippen molar-refractivity contribution in [3.63, 3.8) is 0 Å². The van der Waals surface area contributed by atoms with E-state index in [0.29, 0.717) is 22.6 Å². The van der Waals surface area contributed by atoms with Crippen LogP contribution in [0.5, 0.6) is 0 Å². The summed E-state index contributed by atoms with van der Waals surface area (Å²) in [6, 6.07) is 13.1. The number of aromatic amines is 1. The molecule has 4 rings (SSSR count). The van der Waals surface area contributed by atoms with Gasteiger partial charge in [-0.05, 0) is 48.8 Å². The van der Waals surface area contributed by atoms with Gasteiger partial charge in [-0.3, -0.25) is 19.3 Å². The van der Waals surface area contributed by atoms with Crippen LogP contribution in [-0.2, 0) is 0 Å². The Morgan fingerprint density at radius 2 is 1.91 bits per heavy atom. The van der Waals surface area contributed by atoms with Gasteiger partial charge in [0.05, 0.1) is 22.8 Å². The number of aryl methyl sites for hydroxylation is 1. The van der Waals surface area contributed by atoms with Crippen molar-refractivity contribution < 1.29 is 55.8 Å². The van der Waals surface area contributed by atoms with E-state index in [9.17, 15) is 9.18 Å². The number of aliphatic imine (C=N–C) groups is 1. The third-order valence-electron chi connectivity index (χ3n) is 5.22. The molecule has 4 aromatic rings. The van der Waals surface area contributed by atoms with E-state index in [4.69, 9.17) is 5.73 Å². The van der Waals surface area contributed by atoms with Crippen molar-refractivity contribution >= 4 is 22.4 Å². The summed E-state index contributed by atoms with van der Waals surface area (Å²) >= 11 is 0. The molecule has 1 atom stereocenters. The maximum atomic E-state index is 14.7. The minimum atomic E-state index is -0.557. The molecule has 0 saturated heterocycles. The molecule has 0 bridgehead atoms. The number of rotatable bonds is 5. The Labute approximate surface area is 241 Å². The second-order valence-corrected chi connectivity index (χ2v) is 7.21. The van der Waals surface area contributed by atoms with Gasteiger partial charge in [0.1, 0.15) is 17.3 Å². The number of nitrogens with one attached hydrogen (secondary N) is 1. The van der Waals surface area contributed by atoms with Crippen molar-refractivity contribution in [1.29, 1.82) is 0 Å². The Bertz CT molecular complexity index is 1360. The van der Waals surface area contributed by atoms with Crippen LogP contribution < -0.4 is 62.7 Å². The predicted octanol–water partition coefficient (Wildman–Crippen LogP) is 2.29. The average molecular weight is 487 g/mol. The van der Waals surface area contributed by atoms with E-state index < -0.39 is 11.9 Å². The second-order valence-electron chi connectivity index (χ2n) is 7.21. The van der Waals surface area contributed by atoms with Gasteiger partial charge < -0.3 is 16.0 Å². The number of hydrogen-bond acceptors (Lipinski definition) is 3. The van der Waals surface area contributed by atoms with Crippen LogP contribution in [-0.4, -0.2) is 27.4 Å². The Kier molecular flexibility index (Phi) is 10.2. The molecule has 0 aliphatic rings. The van der Waals surface area contributed by atoms with Crippen LogP contribution in [0, 0.1) is 12.7 Å². The van der Waals surface area contributed by atoms with Gasteiger partial charge in [-0.2, -0.15) is 0 Å². The van der Waals surface area contributed by atoms with Crippen molar-refractivity contribution in [2.75, 3.05) is 7.05 Å². The van der Waals surface area contributed by atoms with Crippen LogP contribution in [0.1, 0.15) is 43.8 Å². The summed E-state index contributed by atoms with van der Waals surface area (Å²) in [4.78, 5) is 25.1. The first-order valence-electron chi connectivity index (χ1n) is 10.8. The topological polar surface area (TPSA) is 103 Å². The van der Waals surface area contributed by atoms with E-state index in [0.717, 1.165) is 10.9 Å². The summed E-state index contributed by atoms with van der Waals surface area (Å²) in [5, 5.41) is 5.39. The molecule has 2 aromatic heterocycles. The minimum Gasteiger partial charge on any atom is -0.467 e. The van der Waals surface area contributed by atoms with Gasteiger partial charge in [0.15, 0.2) is 0 Å². The van der Waals surface area contributed by atoms with Crippen LogP contribution in [0.2, 0.25) is 0 Å². The molecular formula is C25H28FKN6O. The molecular weight excluding hydrogens is 458 g/mol. The predicted molar refractivity (Wildman–Crippen MR) is 132 cm³/mol. The molecule has 0 fully saturated rings. The number of nitrogens with two attached hydrogens (primary N) is 1. The molecule has 2 heterocycles. The fourth-order valence-corrected chi connectivity index (χ4v) is 3.73. The number of amidine groups is 1. The van der Waals surface area contributed by atoms with Crippen molar-refractivity contribution in [2.24, 2.45) is 10.7 Å². The largest absolute Gasteiger partial charge is 1.00 e. The zero-order chi connectivity index (χ0) is 24.1. The molecule has 0 aliphatic carbocycles. The number of nitrogens with zero attached hydrogens (tertiary/aromatic N) is 4. The average Bonchev–Trinajstić information content (AvgIpc) is 3.30. The number of H-pyrrole nitrogens is 1. The van der Waals surface area contributed by atoms with E-state index in [1.807, 2.05) is 45.0 Å². The van der Waals surface area contributed by atoms with Gasteiger partial charge in [-0.15, -0.1) is 0 Å². The maximum absolute atomic E-state index is 14.7. The summed E-state index contributed by atoms with van der Waals surface area (Å²) < 4.78 is 16.1. The van der Waals surface area contributed by atoms with Crippen molar-refractivity contribution in [2.45, 2.75) is 33.7 Å². The monoisotopic (exact) mass is 486 g/mol. The Morgan fingerprint density at radius 1 is 1.21 bits per heavy atom. The number of benzene rings is 2. The molecule has 7 nitrogen and oxygen atoms in total. The molecule has 3 N–H and O–H groups in total. The first-order valence-corrected chi connectivity index (χ1v) is 10.8. The molecule has 0 aliphatic heterocycles. The summed E-state index contributed by atoms with van der Waals surface area (Å²) in [5.41, 5.74) is 7.81. The summed E-state index contributed by atoms with van der Waals surface area (Å²) in [6.07, 6.45) is 1.48. The third-order valence-corrected chi connectivity index (χ3v) is 5.22. The van der Waals surface area contributed by atoms with Crippen LogP contribution in [0.15, 0.2) is 64.6 Å². The molecule has 0 saturated carbocycles. The third kappa shape index (κ3) is 5.50. The fourth-order valence-electron chi connectivity index (χ4n) is 3.73. The van der Waals surface area contributed by atoms with Crippen LogP contribution in [0.3, 0.4) is 0 Å².